The Morgan fingerprint density at radius 3 is 2.36 bits per heavy atom. The Morgan fingerprint density at radius 2 is 1.71 bits per heavy atom. The summed E-state index contributed by atoms with van der Waals surface area (Å²) < 4.78 is 30.6. The van der Waals surface area contributed by atoms with Gasteiger partial charge in [-0.25, -0.2) is 12.7 Å². The van der Waals surface area contributed by atoms with Crippen molar-refractivity contribution in [3.8, 4) is 5.75 Å². The third-order valence-corrected chi connectivity index (χ3v) is 5.75. The Hall–Kier alpha value is -2.91. The van der Waals surface area contributed by atoms with Crippen molar-refractivity contribution in [3.63, 3.8) is 0 Å². The number of carbonyl (C=O) groups excluding carboxylic acids is 2. The predicted octanol–water partition coefficient (Wildman–Crippen LogP) is 1.66. The largest absolute Gasteiger partial charge is 0.497 e. The summed E-state index contributed by atoms with van der Waals surface area (Å²) in [6.07, 6.45) is 0. The first kappa shape index (κ1) is 21.4. The van der Waals surface area contributed by atoms with Crippen molar-refractivity contribution in [2.45, 2.75) is 4.90 Å². The number of sulfonamides is 1. The van der Waals surface area contributed by atoms with Crippen LogP contribution in [0, 0.1) is 0 Å². The first-order valence-corrected chi connectivity index (χ1v) is 9.81. The van der Waals surface area contributed by atoms with E-state index in [1.807, 2.05) is 0 Å². The third kappa shape index (κ3) is 5.08. The summed E-state index contributed by atoms with van der Waals surface area (Å²) in [5.74, 6) is -0.251. The monoisotopic (exact) mass is 405 g/mol. The fraction of sp³-hybridized carbons (Fsp3) is 0.263. The van der Waals surface area contributed by atoms with Gasteiger partial charge in [-0.3, -0.25) is 9.59 Å². The second kappa shape index (κ2) is 8.85. The first-order chi connectivity index (χ1) is 13.1. The molecule has 8 nitrogen and oxygen atoms in total. The molecule has 9 heteroatoms. The zero-order valence-electron chi connectivity index (χ0n) is 16.2. The standard InChI is InChI=1S/C19H23N3O5S/c1-21(2)28(25,26)17-10-5-7-14(11-17)19(24)22(3)13-18(23)20-15-8-6-9-16(12-15)27-4/h5-12H,13H2,1-4H3,(H,20,23). The average molecular weight is 405 g/mol. The van der Waals surface area contributed by atoms with Crippen LogP contribution in [-0.4, -0.2) is 64.2 Å². The number of nitrogens with one attached hydrogen (secondary N) is 1. The summed E-state index contributed by atoms with van der Waals surface area (Å²) in [6, 6.07) is 12.6. The van der Waals surface area contributed by atoms with Crippen LogP contribution >= 0.6 is 0 Å². The molecule has 0 spiro atoms. The molecule has 0 atom stereocenters. The topological polar surface area (TPSA) is 96.0 Å². The molecule has 0 fully saturated rings. The minimum Gasteiger partial charge on any atom is -0.497 e. The van der Waals surface area contributed by atoms with Gasteiger partial charge >= 0.3 is 0 Å². The van der Waals surface area contributed by atoms with Crippen LogP contribution in [0.2, 0.25) is 0 Å². The molecule has 0 unspecified atom stereocenters. The number of hydrogen-bond acceptors (Lipinski definition) is 5. The molecule has 0 saturated carbocycles. The first-order valence-electron chi connectivity index (χ1n) is 8.37. The summed E-state index contributed by atoms with van der Waals surface area (Å²) in [4.78, 5) is 26.1. The van der Waals surface area contributed by atoms with E-state index in [-0.39, 0.29) is 22.9 Å². The number of rotatable bonds is 7. The number of methoxy groups -OCH3 is 1. The molecule has 0 radical (unpaired) electrons. The van der Waals surface area contributed by atoms with Gasteiger partial charge in [0, 0.05) is 38.5 Å². The van der Waals surface area contributed by atoms with E-state index in [9.17, 15) is 18.0 Å². The Kier molecular flexibility index (Phi) is 6.76. The summed E-state index contributed by atoms with van der Waals surface area (Å²) in [5.41, 5.74) is 0.726. The lowest BCUT2D eigenvalue weighted by Crippen LogP contribution is -2.35. The highest BCUT2D eigenvalue weighted by molar-refractivity contribution is 7.89. The number of likely N-dealkylation sites (N-methyl/N-ethyl adjacent to an activating group) is 1. The van der Waals surface area contributed by atoms with Crippen LogP contribution in [0.15, 0.2) is 53.4 Å². The molecule has 0 aliphatic carbocycles. The lowest BCUT2D eigenvalue weighted by molar-refractivity contribution is -0.116. The zero-order valence-corrected chi connectivity index (χ0v) is 17.0. The van der Waals surface area contributed by atoms with Gasteiger partial charge in [0.25, 0.3) is 5.91 Å². The molecule has 2 aromatic carbocycles. The van der Waals surface area contributed by atoms with Crippen LogP contribution in [0.25, 0.3) is 0 Å². The Balaban J connectivity index is 2.09. The lowest BCUT2D eigenvalue weighted by atomic mass is 10.2. The van der Waals surface area contributed by atoms with Crippen LogP contribution in [-0.2, 0) is 14.8 Å². The Labute approximate surface area is 164 Å². The maximum Gasteiger partial charge on any atom is 0.254 e. The van der Waals surface area contributed by atoms with Gasteiger partial charge in [0.15, 0.2) is 0 Å². The van der Waals surface area contributed by atoms with Gasteiger partial charge < -0.3 is 15.0 Å². The Bertz CT molecular complexity index is 973. The molecular formula is C19H23N3O5S. The van der Waals surface area contributed by atoms with E-state index >= 15 is 0 Å². The van der Waals surface area contributed by atoms with E-state index in [0.717, 1.165) is 4.31 Å². The van der Waals surface area contributed by atoms with Gasteiger partial charge in [0.2, 0.25) is 15.9 Å². The summed E-state index contributed by atoms with van der Waals surface area (Å²) >= 11 is 0. The average Bonchev–Trinajstić information content (AvgIpc) is 2.67. The minimum absolute atomic E-state index is 0.0117. The SMILES string of the molecule is COc1cccc(NC(=O)CN(C)C(=O)c2cccc(S(=O)(=O)N(C)C)c2)c1. The van der Waals surface area contributed by atoms with Crippen LogP contribution in [0.5, 0.6) is 5.75 Å². The molecule has 0 bridgehead atoms. The fourth-order valence-electron chi connectivity index (χ4n) is 2.41. The van der Waals surface area contributed by atoms with Gasteiger partial charge in [-0.1, -0.05) is 12.1 Å². The quantitative estimate of drug-likeness (QED) is 0.756. The molecule has 0 heterocycles. The van der Waals surface area contributed by atoms with Crippen LogP contribution in [0.3, 0.4) is 0 Å². The summed E-state index contributed by atoms with van der Waals surface area (Å²) in [7, 11) is 2.17. The van der Waals surface area contributed by atoms with Crippen molar-refractivity contribution in [1.82, 2.24) is 9.21 Å². The molecule has 0 aromatic heterocycles. The molecule has 0 aliphatic heterocycles. The normalized spacial score (nSPS) is 11.2. The predicted molar refractivity (Wildman–Crippen MR) is 106 cm³/mol. The molecule has 2 amide bonds. The highest BCUT2D eigenvalue weighted by atomic mass is 32.2. The molecule has 2 rings (SSSR count). The number of carbonyl (C=O) groups is 2. The highest BCUT2D eigenvalue weighted by Crippen LogP contribution is 2.17. The third-order valence-electron chi connectivity index (χ3n) is 3.94. The van der Waals surface area contributed by atoms with Crippen LogP contribution in [0.4, 0.5) is 5.69 Å². The second-order valence-electron chi connectivity index (χ2n) is 6.26. The minimum atomic E-state index is -3.66. The number of benzene rings is 2. The number of amides is 2. The van der Waals surface area contributed by atoms with Crippen molar-refractivity contribution >= 4 is 27.5 Å². The van der Waals surface area contributed by atoms with Crippen molar-refractivity contribution in [2.75, 3.05) is 40.1 Å². The maximum absolute atomic E-state index is 12.6. The molecular weight excluding hydrogens is 382 g/mol. The van der Waals surface area contributed by atoms with Crippen molar-refractivity contribution in [2.24, 2.45) is 0 Å². The number of anilines is 1. The molecule has 0 aliphatic rings. The number of ether oxygens (including phenoxy) is 1. The van der Waals surface area contributed by atoms with Crippen LogP contribution in [0.1, 0.15) is 10.4 Å². The van der Waals surface area contributed by atoms with Gasteiger partial charge in [0.05, 0.1) is 18.6 Å². The van der Waals surface area contributed by atoms with Crippen LogP contribution < -0.4 is 10.1 Å². The Morgan fingerprint density at radius 1 is 1.04 bits per heavy atom. The second-order valence-corrected chi connectivity index (χ2v) is 8.41. The molecule has 2 aromatic rings. The molecule has 1 N–H and O–H groups in total. The van der Waals surface area contributed by atoms with Crippen molar-refractivity contribution in [3.05, 3.63) is 54.1 Å². The van der Waals surface area contributed by atoms with E-state index in [1.165, 1.54) is 57.4 Å². The van der Waals surface area contributed by atoms with Gasteiger partial charge in [-0.2, -0.15) is 0 Å². The van der Waals surface area contributed by atoms with Crippen molar-refractivity contribution < 1.29 is 22.7 Å². The van der Waals surface area contributed by atoms with E-state index in [0.29, 0.717) is 11.4 Å². The van der Waals surface area contributed by atoms with E-state index in [4.69, 9.17) is 4.74 Å². The lowest BCUT2D eigenvalue weighted by Gasteiger charge is -2.18. The van der Waals surface area contributed by atoms with Gasteiger partial charge in [-0.15, -0.1) is 0 Å². The summed E-state index contributed by atoms with van der Waals surface area (Å²) in [6.45, 7) is -0.194. The number of nitrogens with zero attached hydrogens (tertiary/aromatic N) is 2. The molecule has 0 saturated heterocycles. The maximum atomic E-state index is 12.6. The zero-order chi connectivity index (χ0) is 20.9. The van der Waals surface area contributed by atoms with Gasteiger partial charge in [-0.05, 0) is 30.3 Å². The van der Waals surface area contributed by atoms with E-state index < -0.39 is 15.9 Å². The van der Waals surface area contributed by atoms with E-state index in [2.05, 4.69) is 5.32 Å². The highest BCUT2D eigenvalue weighted by Gasteiger charge is 2.21. The van der Waals surface area contributed by atoms with E-state index in [1.54, 1.807) is 24.3 Å². The fourth-order valence-corrected chi connectivity index (χ4v) is 3.36. The molecule has 150 valence electrons. The van der Waals surface area contributed by atoms with Gasteiger partial charge in [0.1, 0.15) is 5.75 Å². The van der Waals surface area contributed by atoms with Crippen molar-refractivity contribution in [1.29, 1.82) is 0 Å². The number of hydrogen-bond donors (Lipinski definition) is 1. The molecule has 28 heavy (non-hydrogen) atoms. The smallest absolute Gasteiger partial charge is 0.254 e. The summed E-state index contributed by atoms with van der Waals surface area (Å²) in [5, 5.41) is 2.69.